The molecule has 1 N–H and O–H groups in total. The predicted octanol–water partition coefficient (Wildman–Crippen LogP) is 1.40. The first-order valence-electron chi connectivity index (χ1n) is 8.87. The van der Waals surface area contributed by atoms with E-state index in [4.69, 9.17) is 9.47 Å². The van der Waals surface area contributed by atoms with Gasteiger partial charge in [-0.05, 0) is 25.5 Å². The number of benzene rings is 1. The van der Waals surface area contributed by atoms with E-state index in [1.165, 1.54) is 0 Å². The van der Waals surface area contributed by atoms with Gasteiger partial charge in [-0.2, -0.15) is 10.1 Å². The summed E-state index contributed by atoms with van der Waals surface area (Å²) >= 11 is 0. The van der Waals surface area contributed by atoms with Crippen molar-refractivity contribution in [1.29, 1.82) is 0 Å². The number of rotatable bonds is 5. The van der Waals surface area contributed by atoms with Gasteiger partial charge in [-0.1, -0.05) is 0 Å². The maximum atomic E-state index is 11.8. The van der Waals surface area contributed by atoms with Crippen LogP contribution in [0.4, 0.5) is 17.5 Å². The topological polar surface area (TPSA) is 107 Å². The second-order valence-corrected chi connectivity index (χ2v) is 8.69. The maximum Gasteiger partial charge on any atom is 0.249 e. The smallest absolute Gasteiger partial charge is 0.249 e. The highest BCUT2D eigenvalue weighted by molar-refractivity contribution is 7.91. The van der Waals surface area contributed by atoms with Crippen LogP contribution in [0.1, 0.15) is 13.3 Å². The zero-order valence-electron chi connectivity index (χ0n) is 15.0. The number of aromatic nitrogens is 3. The molecule has 0 radical (unpaired) electrons. The van der Waals surface area contributed by atoms with Gasteiger partial charge in [0, 0.05) is 24.3 Å². The lowest BCUT2D eigenvalue weighted by atomic mass is 10.2. The molecular weight excluding hydrogens is 370 g/mol. The largest absolute Gasteiger partial charge is 0.486 e. The Kier molecular flexibility index (Phi) is 4.73. The molecular formula is C17H21N5O4S. The summed E-state index contributed by atoms with van der Waals surface area (Å²) < 4.78 is 34.7. The molecule has 0 aliphatic carbocycles. The molecule has 2 aliphatic heterocycles. The molecule has 0 spiro atoms. The number of nitrogens with zero attached hydrogens (tertiary/aromatic N) is 4. The quantitative estimate of drug-likeness (QED) is 0.809. The van der Waals surface area contributed by atoms with E-state index in [1.54, 1.807) is 6.20 Å². The zero-order chi connectivity index (χ0) is 18.9. The number of hydrogen-bond acceptors (Lipinski definition) is 9. The van der Waals surface area contributed by atoms with Gasteiger partial charge < -0.3 is 19.7 Å². The highest BCUT2D eigenvalue weighted by Crippen LogP contribution is 2.33. The first-order valence-corrected chi connectivity index (χ1v) is 10.7. The second kappa shape index (κ2) is 7.18. The average Bonchev–Trinajstić information content (AvgIpc) is 3.02. The molecule has 1 atom stereocenters. The van der Waals surface area contributed by atoms with Crippen molar-refractivity contribution < 1.29 is 17.9 Å². The number of ether oxygens (including phenoxy) is 2. The van der Waals surface area contributed by atoms with Gasteiger partial charge in [0.1, 0.15) is 13.2 Å². The Bertz CT molecular complexity index is 937. The Labute approximate surface area is 157 Å². The van der Waals surface area contributed by atoms with E-state index in [0.717, 1.165) is 5.69 Å². The molecule has 2 aromatic rings. The van der Waals surface area contributed by atoms with Gasteiger partial charge >= 0.3 is 0 Å². The van der Waals surface area contributed by atoms with E-state index in [-0.39, 0.29) is 17.5 Å². The minimum atomic E-state index is -2.97. The van der Waals surface area contributed by atoms with Gasteiger partial charge in [0.2, 0.25) is 5.95 Å². The normalized spacial score (nSPS) is 20.3. The zero-order valence-corrected chi connectivity index (χ0v) is 15.8. The summed E-state index contributed by atoms with van der Waals surface area (Å²) in [7, 11) is -2.97. The van der Waals surface area contributed by atoms with Crippen LogP contribution in [-0.4, -0.2) is 60.9 Å². The van der Waals surface area contributed by atoms with Crippen molar-refractivity contribution in [3.8, 4) is 11.5 Å². The van der Waals surface area contributed by atoms with Gasteiger partial charge in [-0.25, -0.2) is 8.42 Å². The van der Waals surface area contributed by atoms with Crippen LogP contribution in [0.15, 0.2) is 24.4 Å². The molecule has 1 fully saturated rings. The highest BCUT2D eigenvalue weighted by Gasteiger charge is 2.32. The van der Waals surface area contributed by atoms with Crippen LogP contribution in [0.2, 0.25) is 0 Å². The molecule has 144 valence electrons. The minimum Gasteiger partial charge on any atom is -0.486 e. The third-order valence-corrected chi connectivity index (χ3v) is 6.38. The van der Waals surface area contributed by atoms with Crippen LogP contribution in [0.5, 0.6) is 11.5 Å². The van der Waals surface area contributed by atoms with Gasteiger partial charge in [-0.3, -0.25) is 0 Å². The van der Waals surface area contributed by atoms with Crippen molar-refractivity contribution in [2.45, 2.75) is 19.4 Å². The summed E-state index contributed by atoms with van der Waals surface area (Å²) in [4.78, 5) is 6.48. The number of anilines is 3. The fourth-order valence-electron chi connectivity index (χ4n) is 3.36. The summed E-state index contributed by atoms with van der Waals surface area (Å²) in [6.45, 7) is 3.67. The molecule has 9 nitrogen and oxygen atoms in total. The van der Waals surface area contributed by atoms with Crippen LogP contribution in [0, 0.1) is 0 Å². The van der Waals surface area contributed by atoms with Crippen LogP contribution in [0.25, 0.3) is 0 Å². The third-order valence-electron chi connectivity index (χ3n) is 4.63. The van der Waals surface area contributed by atoms with Crippen molar-refractivity contribution >= 4 is 27.3 Å². The van der Waals surface area contributed by atoms with Crippen LogP contribution < -0.4 is 19.7 Å². The molecule has 0 saturated carbocycles. The highest BCUT2D eigenvalue weighted by atomic mass is 32.2. The van der Waals surface area contributed by atoms with E-state index in [1.807, 2.05) is 30.0 Å². The van der Waals surface area contributed by atoms with Gasteiger partial charge in [0.15, 0.2) is 27.2 Å². The Balaban J connectivity index is 1.53. The van der Waals surface area contributed by atoms with E-state index in [9.17, 15) is 8.42 Å². The molecule has 10 heteroatoms. The minimum absolute atomic E-state index is 0.0844. The summed E-state index contributed by atoms with van der Waals surface area (Å²) in [6, 6.07) is 5.42. The van der Waals surface area contributed by atoms with Crippen molar-refractivity contribution in [3.05, 3.63) is 24.4 Å². The van der Waals surface area contributed by atoms with Gasteiger partial charge in [0.05, 0.1) is 17.7 Å². The Hall–Kier alpha value is -2.62. The van der Waals surface area contributed by atoms with Crippen molar-refractivity contribution in [3.63, 3.8) is 0 Å². The summed E-state index contributed by atoms with van der Waals surface area (Å²) in [6.07, 6.45) is 2.16. The predicted molar refractivity (Wildman–Crippen MR) is 101 cm³/mol. The molecule has 27 heavy (non-hydrogen) atoms. The fraction of sp³-hybridized carbons (Fsp3) is 0.471. The Morgan fingerprint density at radius 1 is 1.26 bits per heavy atom. The van der Waals surface area contributed by atoms with Gasteiger partial charge in [0.25, 0.3) is 0 Å². The van der Waals surface area contributed by atoms with Crippen molar-refractivity contribution in [2.75, 3.05) is 41.5 Å². The molecule has 0 amide bonds. The molecule has 1 unspecified atom stereocenters. The lowest BCUT2D eigenvalue weighted by Gasteiger charge is -2.27. The Morgan fingerprint density at radius 2 is 2.07 bits per heavy atom. The summed E-state index contributed by atoms with van der Waals surface area (Å²) in [5, 5.41) is 11.2. The number of nitrogens with one attached hydrogen (secondary N) is 1. The van der Waals surface area contributed by atoms with E-state index in [2.05, 4.69) is 20.5 Å². The third kappa shape index (κ3) is 3.90. The number of fused-ring (bicyclic) bond motifs is 1. The first-order chi connectivity index (χ1) is 13.0. The molecule has 0 bridgehead atoms. The molecule has 4 rings (SSSR count). The Morgan fingerprint density at radius 3 is 2.81 bits per heavy atom. The van der Waals surface area contributed by atoms with E-state index >= 15 is 0 Å². The molecule has 1 aromatic heterocycles. The van der Waals surface area contributed by atoms with Crippen LogP contribution >= 0.6 is 0 Å². The lowest BCUT2D eigenvalue weighted by Crippen LogP contribution is -2.37. The van der Waals surface area contributed by atoms with Crippen LogP contribution in [0.3, 0.4) is 0 Å². The van der Waals surface area contributed by atoms with E-state index < -0.39 is 9.84 Å². The lowest BCUT2D eigenvalue weighted by molar-refractivity contribution is 0.171. The van der Waals surface area contributed by atoms with E-state index in [0.29, 0.717) is 49.4 Å². The molecule has 2 aliphatic rings. The van der Waals surface area contributed by atoms with Crippen LogP contribution in [-0.2, 0) is 9.84 Å². The average molecular weight is 391 g/mol. The molecule has 1 aromatic carbocycles. The monoisotopic (exact) mass is 391 g/mol. The fourth-order valence-corrected chi connectivity index (χ4v) is 5.10. The second-order valence-electron chi connectivity index (χ2n) is 6.46. The van der Waals surface area contributed by atoms with Crippen molar-refractivity contribution in [1.82, 2.24) is 15.2 Å². The molecule has 3 heterocycles. The van der Waals surface area contributed by atoms with Crippen molar-refractivity contribution in [2.24, 2.45) is 0 Å². The standard InChI is InChI=1S/C17H21N5O4S/c1-2-22(13-5-8-27(23,24)11-13)16-10-18-21-17(20-16)19-12-3-4-14-15(9-12)26-7-6-25-14/h3-4,9-10,13H,2,5-8,11H2,1H3,(H,19,20,21). The first kappa shape index (κ1) is 17.8. The molecule has 1 saturated heterocycles. The number of hydrogen-bond donors (Lipinski definition) is 1. The summed E-state index contributed by atoms with van der Waals surface area (Å²) in [5.74, 6) is 2.68. The maximum absolute atomic E-state index is 11.8. The SMILES string of the molecule is CCN(c1cnnc(Nc2ccc3c(c2)OCCO3)n1)C1CCS(=O)(=O)C1. The number of sulfone groups is 1. The van der Waals surface area contributed by atoms with Gasteiger partial charge in [-0.15, -0.1) is 5.10 Å². The summed E-state index contributed by atoms with van der Waals surface area (Å²) in [5.41, 5.74) is 0.754.